The summed E-state index contributed by atoms with van der Waals surface area (Å²) >= 11 is 5.53. The van der Waals surface area contributed by atoms with E-state index in [9.17, 15) is 9.59 Å². The van der Waals surface area contributed by atoms with E-state index in [4.69, 9.17) is 14.2 Å². The lowest BCUT2D eigenvalue weighted by atomic mass is 10.2. The first-order valence-electron chi connectivity index (χ1n) is 11.0. The van der Waals surface area contributed by atoms with Gasteiger partial charge in [0.15, 0.2) is 18.1 Å². The van der Waals surface area contributed by atoms with Crippen LogP contribution in [0.15, 0.2) is 44.7 Å². The van der Waals surface area contributed by atoms with Gasteiger partial charge in [-0.1, -0.05) is 15.9 Å². The first-order valence-corrected chi connectivity index (χ1v) is 12.9. The number of aromatic nitrogens is 2. The van der Waals surface area contributed by atoms with Gasteiger partial charge in [-0.05, 0) is 72.3 Å². The standard InChI is InChI=1S/C24H24BrIN4O5/c1-3-34-21-11-16(10-19(26)23(21)35-14-22(31)29-6-8-33-9-7-29)13-27-30-15(2)28-20-5-4-17(25)12-18(20)24(30)32/h4-5,10-13H,3,6-9,14H2,1-2H3. The van der Waals surface area contributed by atoms with Crippen molar-refractivity contribution in [2.45, 2.75) is 13.8 Å². The molecule has 1 aromatic heterocycles. The molecule has 35 heavy (non-hydrogen) atoms. The number of benzene rings is 2. The highest BCUT2D eigenvalue weighted by Crippen LogP contribution is 2.34. The number of amides is 1. The van der Waals surface area contributed by atoms with Crippen molar-refractivity contribution in [1.29, 1.82) is 0 Å². The van der Waals surface area contributed by atoms with Gasteiger partial charge in [0.1, 0.15) is 5.82 Å². The number of carbonyl (C=O) groups is 1. The van der Waals surface area contributed by atoms with Gasteiger partial charge in [0.25, 0.3) is 11.5 Å². The SMILES string of the molecule is CCOc1cc(C=Nn2c(C)nc3ccc(Br)cc3c2=O)cc(I)c1OCC(=O)N1CCOCC1. The predicted molar refractivity (Wildman–Crippen MR) is 145 cm³/mol. The van der Waals surface area contributed by atoms with E-state index in [1.54, 1.807) is 36.2 Å². The summed E-state index contributed by atoms with van der Waals surface area (Å²) in [6.07, 6.45) is 1.58. The fourth-order valence-corrected chi connectivity index (χ4v) is 4.77. The molecule has 0 spiro atoms. The zero-order chi connectivity index (χ0) is 24.9. The molecular formula is C24H24BrIN4O5. The molecule has 1 aliphatic heterocycles. The Morgan fingerprint density at radius 3 is 2.77 bits per heavy atom. The fourth-order valence-electron chi connectivity index (χ4n) is 3.62. The summed E-state index contributed by atoms with van der Waals surface area (Å²) in [7, 11) is 0. The smallest absolute Gasteiger partial charge is 0.282 e. The molecule has 1 fully saturated rings. The zero-order valence-corrected chi connectivity index (χ0v) is 23.0. The Morgan fingerprint density at radius 2 is 2.03 bits per heavy atom. The molecule has 2 aromatic carbocycles. The average Bonchev–Trinajstić information content (AvgIpc) is 2.84. The maximum absolute atomic E-state index is 13.0. The van der Waals surface area contributed by atoms with E-state index >= 15 is 0 Å². The number of fused-ring (bicyclic) bond motifs is 1. The first kappa shape index (κ1) is 25.6. The Kier molecular flexibility index (Phi) is 8.39. The van der Waals surface area contributed by atoms with Crippen molar-refractivity contribution in [1.82, 2.24) is 14.6 Å². The van der Waals surface area contributed by atoms with Gasteiger partial charge in [0, 0.05) is 17.6 Å². The number of hydrogen-bond donors (Lipinski definition) is 0. The van der Waals surface area contributed by atoms with E-state index in [1.807, 2.05) is 19.1 Å². The summed E-state index contributed by atoms with van der Waals surface area (Å²) in [5.41, 5.74) is 1.07. The highest BCUT2D eigenvalue weighted by Gasteiger charge is 2.19. The predicted octanol–water partition coefficient (Wildman–Crippen LogP) is 3.59. The van der Waals surface area contributed by atoms with E-state index in [0.717, 1.165) is 8.04 Å². The number of ether oxygens (including phenoxy) is 3. The lowest BCUT2D eigenvalue weighted by Crippen LogP contribution is -2.43. The highest BCUT2D eigenvalue weighted by atomic mass is 127. The third-order valence-electron chi connectivity index (χ3n) is 5.33. The van der Waals surface area contributed by atoms with Crippen LogP contribution in [0.2, 0.25) is 0 Å². The maximum atomic E-state index is 13.0. The minimum Gasteiger partial charge on any atom is -0.490 e. The molecule has 0 bridgehead atoms. The monoisotopic (exact) mass is 654 g/mol. The van der Waals surface area contributed by atoms with Gasteiger partial charge in [-0.25, -0.2) is 4.98 Å². The van der Waals surface area contributed by atoms with E-state index in [-0.39, 0.29) is 18.1 Å². The quantitative estimate of drug-likeness (QED) is 0.286. The van der Waals surface area contributed by atoms with Crippen molar-refractivity contribution < 1.29 is 19.0 Å². The molecule has 2 heterocycles. The van der Waals surface area contributed by atoms with Crippen molar-refractivity contribution in [3.8, 4) is 11.5 Å². The molecule has 9 nitrogen and oxygen atoms in total. The minimum atomic E-state index is -0.258. The Hall–Kier alpha value is -2.51. The Labute approximate surface area is 224 Å². The van der Waals surface area contributed by atoms with Gasteiger partial charge < -0.3 is 19.1 Å². The normalized spacial score (nSPS) is 14.0. The van der Waals surface area contributed by atoms with Gasteiger partial charge in [-0.3, -0.25) is 9.59 Å². The van der Waals surface area contributed by atoms with Crippen molar-refractivity contribution in [2.75, 3.05) is 39.5 Å². The molecule has 0 radical (unpaired) electrons. The Morgan fingerprint density at radius 1 is 1.26 bits per heavy atom. The van der Waals surface area contributed by atoms with Crippen LogP contribution < -0.4 is 15.0 Å². The van der Waals surface area contributed by atoms with Crippen LogP contribution in [0.4, 0.5) is 0 Å². The molecule has 1 amide bonds. The molecule has 0 atom stereocenters. The number of halogens is 2. The molecule has 1 saturated heterocycles. The molecule has 0 N–H and O–H groups in total. The van der Waals surface area contributed by atoms with Gasteiger partial charge in [0.05, 0.1) is 40.5 Å². The molecular weight excluding hydrogens is 631 g/mol. The first-order chi connectivity index (χ1) is 16.9. The molecule has 184 valence electrons. The summed E-state index contributed by atoms with van der Waals surface area (Å²) in [6, 6.07) is 9.00. The van der Waals surface area contributed by atoms with Gasteiger partial charge in [-0.15, -0.1) is 0 Å². The molecule has 1 aliphatic rings. The summed E-state index contributed by atoms with van der Waals surface area (Å²) in [5, 5.41) is 4.86. The largest absolute Gasteiger partial charge is 0.490 e. The van der Waals surface area contributed by atoms with Gasteiger partial charge in [0.2, 0.25) is 0 Å². The zero-order valence-electron chi connectivity index (χ0n) is 19.3. The van der Waals surface area contributed by atoms with Crippen LogP contribution in [0.5, 0.6) is 11.5 Å². The second kappa shape index (κ2) is 11.5. The third-order valence-corrected chi connectivity index (χ3v) is 6.62. The number of rotatable bonds is 7. The summed E-state index contributed by atoms with van der Waals surface area (Å²) in [5.74, 6) is 1.38. The number of nitrogens with zero attached hydrogens (tertiary/aromatic N) is 4. The van der Waals surface area contributed by atoms with Crippen LogP contribution in [0.1, 0.15) is 18.3 Å². The van der Waals surface area contributed by atoms with Crippen molar-refractivity contribution in [3.63, 3.8) is 0 Å². The van der Waals surface area contributed by atoms with Crippen molar-refractivity contribution in [3.05, 3.63) is 60.1 Å². The van der Waals surface area contributed by atoms with Crippen LogP contribution in [0, 0.1) is 10.5 Å². The second-order valence-electron chi connectivity index (χ2n) is 7.73. The lowest BCUT2D eigenvalue weighted by Gasteiger charge is -2.27. The number of aryl methyl sites for hydroxylation is 1. The summed E-state index contributed by atoms with van der Waals surface area (Å²) in [4.78, 5) is 31.7. The fraction of sp³-hybridized carbons (Fsp3) is 0.333. The number of carbonyl (C=O) groups excluding carboxylic acids is 1. The van der Waals surface area contributed by atoms with E-state index in [1.165, 1.54) is 4.68 Å². The average molecular weight is 655 g/mol. The Balaban J connectivity index is 1.59. The van der Waals surface area contributed by atoms with Crippen molar-refractivity contribution >= 4 is 61.5 Å². The van der Waals surface area contributed by atoms with Crippen molar-refractivity contribution in [2.24, 2.45) is 5.10 Å². The van der Waals surface area contributed by atoms with Gasteiger partial charge >= 0.3 is 0 Å². The van der Waals surface area contributed by atoms with Crippen LogP contribution in [-0.2, 0) is 9.53 Å². The minimum absolute atomic E-state index is 0.0869. The van der Waals surface area contributed by atoms with E-state index in [0.29, 0.717) is 66.7 Å². The summed E-state index contributed by atoms with van der Waals surface area (Å²) < 4.78 is 19.8. The molecule has 0 aliphatic carbocycles. The lowest BCUT2D eigenvalue weighted by molar-refractivity contribution is -0.137. The number of hydrogen-bond acceptors (Lipinski definition) is 7. The maximum Gasteiger partial charge on any atom is 0.282 e. The van der Waals surface area contributed by atoms with Gasteiger partial charge in [-0.2, -0.15) is 9.78 Å². The topological polar surface area (TPSA) is 95.2 Å². The number of morpholine rings is 1. The van der Waals surface area contributed by atoms with E-state index < -0.39 is 0 Å². The van der Waals surface area contributed by atoms with Crippen LogP contribution in [0.3, 0.4) is 0 Å². The summed E-state index contributed by atoms with van der Waals surface area (Å²) in [6.45, 7) is 6.14. The van der Waals surface area contributed by atoms with Crippen LogP contribution in [-0.4, -0.2) is 66.2 Å². The molecule has 0 unspecified atom stereocenters. The molecule has 11 heteroatoms. The second-order valence-corrected chi connectivity index (χ2v) is 9.80. The van der Waals surface area contributed by atoms with Crippen LogP contribution in [0.25, 0.3) is 10.9 Å². The Bertz CT molecular complexity index is 1340. The van der Waals surface area contributed by atoms with Crippen LogP contribution >= 0.6 is 38.5 Å². The molecule has 0 saturated carbocycles. The molecule has 4 rings (SSSR count). The third kappa shape index (κ3) is 6.01. The van der Waals surface area contributed by atoms with E-state index in [2.05, 4.69) is 48.6 Å². The molecule has 3 aromatic rings. The highest BCUT2D eigenvalue weighted by molar-refractivity contribution is 14.1.